The van der Waals surface area contributed by atoms with Gasteiger partial charge in [-0.05, 0) is 397 Å². The number of fused-ring (bicyclic) bond motifs is 2. The summed E-state index contributed by atoms with van der Waals surface area (Å²) in [6.45, 7) is 0.609. The van der Waals surface area contributed by atoms with Crippen molar-refractivity contribution in [2.24, 2.45) is 0 Å². The average Bonchev–Trinajstić information content (AvgIpc) is 1.38. The van der Waals surface area contributed by atoms with Crippen molar-refractivity contribution in [3.8, 4) is 0 Å². The molecule has 3 heterocycles. The number of likely N-dealkylation sites (tertiary alicyclic amines) is 1. The Kier molecular flexibility index (Phi) is 5.93. The van der Waals surface area contributed by atoms with Crippen LogP contribution in [0.4, 0.5) is 0 Å². The van der Waals surface area contributed by atoms with Crippen LogP contribution in [0.3, 0.4) is 0 Å². The van der Waals surface area contributed by atoms with Crippen LogP contribution in [-0.2, 0) is 15.6 Å². The predicted molar refractivity (Wildman–Crippen MR) is 455 cm³/mol. The smallest absolute Gasteiger partial charge is 0.231 e. The molecule has 1 atom stereocenters. The van der Waals surface area contributed by atoms with Gasteiger partial charge in [-0.15, -0.1) is 47.0 Å². The van der Waals surface area contributed by atoms with E-state index in [-0.39, 0.29) is 5.91 Å². The number of rotatable bonds is 6. The van der Waals surface area contributed by atoms with Crippen LogP contribution in [-0.4, -0.2) is 42.4 Å². The Bertz CT molecular complexity index is 9330. The van der Waals surface area contributed by atoms with Crippen LogP contribution < -0.4 is 10.4 Å². The molecule has 1 amide bonds. The van der Waals surface area contributed by atoms with Gasteiger partial charge in [-0.25, -0.2) is 0 Å². The van der Waals surface area contributed by atoms with Crippen molar-refractivity contribution in [3.63, 3.8) is 0 Å². The van der Waals surface area contributed by atoms with E-state index in [1.54, 1.807) is 313 Å². The van der Waals surface area contributed by atoms with Crippen LogP contribution in [0, 0.1) is 31.6 Å². The highest BCUT2D eigenvalue weighted by Gasteiger charge is 2.77. The quantitative estimate of drug-likeness (QED) is 0.119. The summed E-state index contributed by atoms with van der Waals surface area (Å²) in [5.74, 6) is 0.978. The highest BCUT2D eigenvalue weighted by molar-refractivity contribution is 8.46. The first-order valence-electron chi connectivity index (χ1n) is 35.9. The van der Waals surface area contributed by atoms with Gasteiger partial charge in [0.05, 0.1) is 48.2 Å². The van der Waals surface area contributed by atoms with Crippen molar-refractivity contribution in [2.45, 2.75) is 16.9 Å². The van der Waals surface area contributed by atoms with Crippen molar-refractivity contribution in [1.29, 1.82) is 0 Å². The first-order chi connectivity index (χ1) is 50.5. The van der Waals surface area contributed by atoms with Gasteiger partial charge in [-0.3, -0.25) is 4.79 Å². The minimum Gasteiger partial charge on any atom is -0.333 e. The van der Waals surface area contributed by atoms with Crippen LogP contribution >= 0.6 is 94.1 Å². The molecule has 3 aliphatic heterocycles. The summed E-state index contributed by atoms with van der Waals surface area (Å²) in [5, 5.41) is 94.1. The lowest BCUT2D eigenvalue weighted by Crippen LogP contribution is -2.52. The summed E-state index contributed by atoms with van der Waals surface area (Å²) >= 11 is 15.5. The van der Waals surface area contributed by atoms with E-state index in [0.29, 0.717) is 6.54 Å². The second kappa shape index (κ2) is 12.7. The van der Waals surface area contributed by atoms with Crippen LogP contribution in [0.15, 0.2) is 59.4 Å². The standard InChI is InChI=1S/C92H26NOS8/c1-95-87-88(96-2)100-85(99-87)23-19-11-7-8-12-20(19)24(86-101-89(97-3)90(98-4)102-86)22-15-18(13-14-21(22)23)83-92-81-75-69-59-47-39-31-27-25-26-29-33(31)41(47)51-45-37(29)38-30(26)34-32-28(25)36-35(27)43-49(39)57-63-53(43)54-44(36)50-40(32)48-42(34)52-46(38)56-55(45)67(61(51)69)77(81)78-68(56)62(52)70-60(48)66-58(50)64(54)72-71(63)79(73(75)65(57)59)91(92,80(72)74(66)76(70)82(78)92)16-93(83)84(94)17-9-5-6-10-17/h5-15,83H,16H2,1-4H3. The van der Waals surface area contributed by atoms with Gasteiger partial charge in [-0.1, -0.05) is 83.4 Å². The SMILES string of the molecule is CSC1=C(SC)SC(=c2c3ccccc3c(=C3SC(SC)=C(SC)S3)c3cc(C4N(C(=O)[C]5[CH][CH][CH][CH]5)CC56c7c8c9c%10c%11c%12c(c%13c%14c5c5c7c7c%15c8c8c9c9c%11c%11c%16c%12c%12c%13c%13c%14c%14c5c5c7c7c%15c%15c8c8c9c%11c9c%11c%16c%12c%12c%13c%13c%14c5c5c7c7c%15c8c9c8c%11c%12c%13c5c78)C%1046)ccc23)S1. The number of carbonyl (C=O) groups excluding carboxylic acids is 1. The van der Waals surface area contributed by atoms with Crippen LogP contribution in [0.25, 0.3) is 321 Å². The van der Waals surface area contributed by atoms with Crippen LogP contribution in [0.2, 0.25) is 0 Å². The fourth-order valence-corrected chi connectivity index (χ4v) is 40.5. The molecule has 5 aliphatic carbocycles. The lowest BCUT2D eigenvalue weighted by atomic mass is 9.47. The maximum atomic E-state index is 17.6. The fourth-order valence-electron chi connectivity index (χ4n) is 30.2. The first-order valence-corrected chi connectivity index (χ1v) is 44.1. The fraction of sp³-hybridized carbons (Fsp3) is 0.0870. The number of nitrogens with zero attached hydrogens (tertiary/aromatic N) is 1. The molecule has 1 saturated carbocycles. The topological polar surface area (TPSA) is 20.3 Å². The lowest BCUT2D eigenvalue weighted by Gasteiger charge is -2.51. The Morgan fingerprint density at radius 1 is 0.333 bits per heavy atom. The van der Waals surface area contributed by atoms with Gasteiger partial charge in [-0.2, -0.15) is 0 Å². The molecule has 0 aromatic heterocycles. The molecule has 2 spiro atoms. The molecule has 39 rings (SSSR count). The van der Waals surface area contributed by atoms with E-state index in [4.69, 9.17) is 0 Å². The molecular formula is C92H26NOS8. The third-order valence-corrected chi connectivity index (χ3v) is 41.9. The monoisotopic (exact) mass is 1420 g/mol. The van der Waals surface area contributed by atoms with Gasteiger partial charge in [0.1, 0.15) is 0 Å². The normalized spacial score (nSPS) is 22.7. The highest BCUT2D eigenvalue weighted by Crippen LogP contribution is 2.87. The van der Waals surface area contributed by atoms with Crippen molar-refractivity contribution in [2.75, 3.05) is 31.6 Å². The molecule has 5 radical (unpaired) electrons. The molecule has 1 unspecified atom stereocenters. The Balaban J connectivity index is 0.838. The number of carbonyl (C=O) groups is 1. The Morgan fingerprint density at radius 3 is 0.873 bits per heavy atom. The van der Waals surface area contributed by atoms with E-state index in [2.05, 4.69) is 98.1 Å². The van der Waals surface area contributed by atoms with Crippen molar-refractivity contribution >= 4 is 421 Å². The predicted octanol–water partition coefficient (Wildman–Crippen LogP) is 25.4. The molecule has 102 heavy (non-hydrogen) atoms. The van der Waals surface area contributed by atoms with Gasteiger partial charge < -0.3 is 4.90 Å². The summed E-state index contributed by atoms with van der Waals surface area (Å²) in [6.07, 6.45) is 17.6. The van der Waals surface area contributed by atoms with Gasteiger partial charge >= 0.3 is 0 Å². The molecule has 2 fully saturated rings. The van der Waals surface area contributed by atoms with Crippen molar-refractivity contribution in [3.05, 3.63) is 129 Å². The summed E-state index contributed by atoms with van der Waals surface area (Å²) in [7, 11) is 0. The molecule has 0 bridgehead atoms. The Labute approximate surface area is 602 Å². The third-order valence-electron chi connectivity index (χ3n) is 31.5. The van der Waals surface area contributed by atoms with E-state index in [1.807, 2.05) is 94.1 Å². The van der Waals surface area contributed by atoms with E-state index in [0.717, 1.165) is 5.92 Å². The molecule has 0 N–H and O–H groups in total. The number of hydrogen-bond acceptors (Lipinski definition) is 9. The molecule has 453 valence electrons. The highest BCUT2D eigenvalue weighted by atomic mass is 32.3. The summed E-state index contributed by atoms with van der Waals surface area (Å²) in [6, 6.07) is 17.0. The number of hydrogen-bond donors (Lipinski definition) is 0. The Hall–Kier alpha value is -7.87. The number of benzene rings is 21. The molecule has 10 heteroatoms. The third kappa shape index (κ3) is 3.33. The Morgan fingerprint density at radius 2 is 0.588 bits per heavy atom. The summed E-state index contributed by atoms with van der Waals surface area (Å²) in [5.41, 5.74) is 6.30. The minimum atomic E-state index is -0.742. The maximum absolute atomic E-state index is 17.6. The first kappa shape index (κ1) is 47.5. The largest absolute Gasteiger partial charge is 0.333 e. The minimum absolute atomic E-state index is 0.171. The molecular weight excluding hydrogens is 1390 g/mol. The number of amides is 1. The lowest BCUT2D eigenvalue weighted by molar-refractivity contribution is -0.129. The van der Waals surface area contributed by atoms with Gasteiger partial charge in [0.25, 0.3) is 0 Å². The number of thioether (sulfide) groups is 8. The second-order valence-corrected chi connectivity index (χ2v) is 41.9. The van der Waals surface area contributed by atoms with Gasteiger partial charge in [0, 0.05) is 17.0 Å². The van der Waals surface area contributed by atoms with Crippen LogP contribution in [0.5, 0.6) is 0 Å². The summed E-state index contributed by atoms with van der Waals surface area (Å²) < 4.78 is 8.28. The van der Waals surface area contributed by atoms with Crippen LogP contribution in [0.1, 0.15) is 33.9 Å². The molecule has 31 aromatic rings. The zero-order chi connectivity index (χ0) is 63.4. The van der Waals surface area contributed by atoms with Gasteiger partial charge in [0.2, 0.25) is 5.91 Å². The molecule has 1 saturated heterocycles. The average molecular weight is 1420 g/mol. The van der Waals surface area contributed by atoms with E-state index < -0.39 is 16.9 Å². The van der Waals surface area contributed by atoms with Crippen molar-refractivity contribution in [1.82, 2.24) is 4.90 Å². The van der Waals surface area contributed by atoms with Gasteiger partial charge in [0.15, 0.2) is 0 Å². The summed E-state index contributed by atoms with van der Waals surface area (Å²) in [4.78, 5) is 20.2. The second-order valence-electron chi connectivity index (χ2n) is 33.0. The van der Waals surface area contributed by atoms with Crippen molar-refractivity contribution < 1.29 is 4.79 Å². The van der Waals surface area contributed by atoms with E-state index in [1.165, 1.54) is 63.0 Å². The van der Waals surface area contributed by atoms with E-state index >= 15 is 4.79 Å². The molecule has 2 nitrogen and oxygen atoms in total. The zero-order valence-corrected chi connectivity index (χ0v) is 59.8. The molecule has 31 aromatic carbocycles. The zero-order valence-electron chi connectivity index (χ0n) is 53.3. The van der Waals surface area contributed by atoms with E-state index in [9.17, 15) is 0 Å². The molecule has 8 aliphatic rings. The maximum Gasteiger partial charge on any atom is 0.231 e.